The summed E-state index contributed by atoms with van der Waals surface area (Å²) >= 11 is 0. The average molecular weight is 483 g/mol. The van der Waals surface area contributed by atoms with Crippen LogP contribution in [0.3, 0.4) is 0 Å². The largest absolute Gasteiger partial charge is 0.444 e. The summed E-state index contributed by atoms with van der Waals surface area (Å²) in [6, 6.07) is 5.79. The summed E-state index contributed by atoms with van der Waals surface area (Å²) in [7, 11) is -2.48. The van der Waals surface area contributed by atoms with Gasteiger partial charge in [-0.3, -0.25) is 9.59 Å². The number of carbonyl (C=O) groups excluding carboxylic acids is 3. The molecule has 0 unspecified atom stereocenters. The standard InChI is InChI=1S/C22H34N4O6S/c1-16(27)24-18-6-8-19(9-7-18)33(30,31)25(5)15-20(28)26-12-10-17(11-13-26)14-23-21(29)32-22(2,3)4/h6-9,17H,10-15H2,1-5H3,(H,23,29)(H,24,27). The lowest BCUT2D eigenvalue weighted by Gasteiger charge is -2.33. The Balaban J connectivity index is 1.84. The normalized spacial score (nSPS) is 15.3. The maximum atomic E-state index is 12.8. The van der Waals surface area contributed by atoms with E-state index >= 15 is 0 Å². The molecule has 10 nitrogen and oxygen atoms in total. The summed E-state index contributed by atoms with van der Waals surface area (Å²) < 4.78 is 31.9. The fraction of sp³-hybridized carbons (Fsp3) is 0.591. The topological polar surface area (TPSA) is 125 Å². The number of nitrogens with zero attached hydrogens (tertiary/aromatic N) is 2. The number of ether oxygens (including phenoxy) is 1. The van der Waals surface area contributed by atoms with Crippen molar-refractivity contribution in [3.8, 4) is 0 Å². The monoisotopic (exact) mass is 482 g/mol. The highest BCUT2D eigenvalue weighted by Crippen LogP contribution is 2.20. The third-order valence-electron chi connectivity index (χ3n) is 5.14. The molecule has 184 valence electrons. The van der Waals surface area contributed by atoms with Crippen LogP contribution in [0.5, 0.6) is 0 Å². The van der Waals surface area contributed by atoms with Gasteiger partial charge in [-0.05, 0) is 63.8 Å². The zero-order valence-electron chi connectivity index (χ0n) is 19.9. The van der Waals surface area contributed by atoms with E-state index in [2.05, 4.69) is 10.6 Å². The Labute approximate surface area is 195 Å². The van der Waals surface area contributed by atoms with Crippen molar-refractivity contribution in [3.63, 3.8) is 0 Å². The van der Waals surface area contributed by atoms with Crippen molar-refractivity contribution in [1.29, 1.82) is 0 Å². The number of likely N-dealkylation sites (tertiary alicyclic amines) is 1. The van der Waals surface area contributed by atoms with Crippen LogP contribution >= 0.6 is 0 Å². The minimum Gasteiger partial charge on any atom is -0.444 e. The Hall–Kier alpha value is -2.66. The van der Waals surface area contributed by atoms with Crippen LogP contribution in [0.2, 0.25) is 0 Å². The molecule has 33 heavy (non-hydrogen) atoms. The molecule has 1 saturated heterocycles. The van der Waals surface area contributed by atoms with Gasteiger partial charge in [-0.15, -0.1) is 0 Å². The van der Waals surface area contributed by atoms with Gasteiger partial charge in [-0.25, -0.2) is 13.2 Å². The van der Waals surface area contributed by atoms with E-state index in [-0.39, 0.29) is 29.2 Å². The zero-order chi connectivity index (χ0) is 24.8. The number of benzene rings is 1. The van der Waals surface area contributed by atoms with Crippen molar-refractivity contribution < 1.29 is 27.5 Å². The maximum Gasteiger partial charge on any atom is 0.407 e. The first-order chi connectivity index (χ1) is 15.3. The Morgan fingerprint density at radius 2 is 1.70 bits per heavy atom. The fourth-order valence-electron chi connectivity index (χ4n) is 3.40. The Bertz CT molecular complexity index is 948. The maximum absolute atomic E-state index is 12.8. The molecule has 11 heteroatoms. The smallest absolute Gasteiger partial charge is 0.407 e. The van der Waals surface area contributed by atoms with Crippen LogP contribution in [-0.4, -0.2) is 74.4 Å². The molecule has 3 amide bonds. The van der Waals surface area contributed by atoms with Crippen LogP contribution < -0.4 is 10.6 Å². The van der Waals surface area contributed by atoms with E-state index in [0.717, 1.165) is 4.31 Å². The molecule has 0 bridgehead atoms. The van der Waals surface area contributed by atoms with Gasteiger partial charge in [0.1, 0.15) is 5.60 Å². The lowest BCUT2D eigenvalue weighted by atomic mass is 9.97. The van der Waals surface area contributed by atoms with Gasteiger partial charge in [0.15, 0.2) is 0 Å². The van der Waals surface area contributed by atoms with E-state index in [9.17, 15) is 22.8 Å². The van der Waals surface area contributed by atoms with E-state index in [1.165, 1.54) is 38.2 Å². The minimum absolute atomic E-state index is 0.0406. The van der Waals surface area contributed by atoms with E-state index in [1.807, 2.05) is 0 Å². The summed E-state index contributed by atoms with van der Waals surface area (Å²) in [6.07, 6.45) is 0.962. The number of piperidine rings is 1. The molecular formula is C22H34N4O6S. The average Bonchev–Trinajstić information content (AvgIpc) is 2.71. The predicted octanol–water partition coefficient (Wildman–Crippen LogP) is 2.03. The first-order valence-corrected chi connectivity index (χ1v) is 12.3. The highest BCUT2D eigenvalue weighted by molar-refractivity contribution is 7.89. The van der Waals surface area contributed by atoms with Crippen LogP contribution in [0.25, 0.3) is 0 Å². The quantitative estimate of drug-likeness (QED) is 0.613. The van der Waals surface area contributed by atoms with Crippen molar-refractivity contribution in [2.45, 2.75) is 51.0 Å². The molecule has 0 atom stereocenters. The minimum atomic E-state index is -3.85. The van der Waals surface area contributed by atoms with E-state index in [1.54, 1.807) is 25.7 Å². The number of rotatable bonds is 7. The number of hydrogen-bond donors (Lipinski definition) is 2. The number of amides is 3. The van der Waals surface area contributed by atoms with E-state index in [4.69, 9.17) is 4.74 Å². The van der Waals surface area contributed by atoms with Gasteiger partial charge in [0.2, 0.25) is 21.8 Å². The van der Waals surface area contributed by atoms with Crippen molar-refractivity contribution in [1.82, 2.24) is 14.5 Å². The number of likely N-dealkylation sites (N-methyl/N-ethyl adjacent to an activating group) is 1. The fourth-order valence-corrected chi connectivity index (χ4v) is 4.52. The summed E-state index contributed by atoms with van der Waals surface area (Å²) in [5.41, 5.74) is -0.0658. The third kappa shape index (κ3) is 8.32. The van der Waals surface area contributed by atoms with Crippen molar-refractivity contribution >= 4 is 33.6 Å². The highest BCUT2D eigenvalue weighted by atomic mass is 32.2. The molecule has 2 N–H and O–H groups in total. The van der Waals surface area contributed by atoms with Crippen molar-refractivity contribution in [2.75, 3.05) is 38.5 Å². The summed E-state index contributed by atoms with van der Waals surface area (Å²) in [5, 5.41) is 5.34. The number of carbonyl (C=O) groups is 3. The Morgan fingerprint density at radius 3 is 2.21 bits per heavy atom. The second-order valence-electron chi connectivity index (χ2n) is 9.17. The second kappa shape index (κ2) is 11.0. The molecular weight excluding hydrogens is 448 g/mol. The summed E-state index contributed by atoms with van der Waals surface area (Å²) in [4.78, 5) is 37.3. The van der Waals surface area contributed by atoms with Gasteiger partial charge < -0.3 is 20.3 Å². The van der Waals surface area contributed by atoms with Gasteiger partial charge in [-0.2, -0.15) is 4.31 Å². The summed E-state index contributed by atoms with van der Waals surface area (Å²) in [6.45, 7) is 7.97. The van der Waals surface area contributed by atoms with Crippen LogP contribution in [0.15, 0.2) is 29.2 Å². The van der Waals surface area contributed by atoms with Crippen LogP contribution in [-0.2, 0) is 24.3 Å². The molecule has 0 radical (unpaired) electrons. The van der Waals surface area contributed by atoms with Crippen LogP contribution in [0.1, 0.15) is 40.5 Å². The van der Waals surface area contributed by atoms with Crippen LogP contribution in [0.4, 0.5) is 10.5 Å². The molecule has 1 aliphatic rings. The van der Waals surface area contributed by atoms with Gasteiger partial charge in [-0.1, -0.05) is 0 Å². The molecule has 1 aromatic carbocycles. The number of alkyl carbamates (subject to hydrolysis) is 1. The van der Waals surface area contributed by atoms with E-state index in [0.29, 0.717) is 38.2 Å². The van der Waals surface area contributed by atoms with E-state index < -0.39 is 21.7 Å². The Morgan fingerprint density at radius 1 is 1.12 bits per heavy atom. The molecule has 0 aliphatic carbocycles. The predicted molar refractivity (Wildman–Crippen MR) is 124 cm³/mol. The summed E-state index contributed by atoms with van der Waals surface area (Å²) in [5.74, 6) is -0.294. The number of sulfonamides is 1. The second-order valence-corrected chi connectivity index (χ2v) is 11.2. The zero-order valence-corrected chi connectivity index (χ0v) is 20.7. The van der Waals surface area contributed by atoms with Gasteiger partial charge in [0.05, 0.1) is 11.4 Å². The molecule has 1 aromatic rings. The first-order valence-electron chi connectivity index (χ1n) is 10.9. The highest BCUT2D eigenvalue weighted by Gasteiger charge is 2.28. The molecule has 1 heterocycles. The van der Waals surface area contributed by atoms with Gasteiger partial charge in [0, 0.05) is 39.3 Å². The van der Waals surface area contributed by atoms with Crippen molar-refractivity contribution in [3.05, 3.63) is 24.3 Å². The number of anilines is 1. The number of nitrogens with one attached hydrogen (secondary N) is 2. The molecule has 0 spiro atoms. The van der Waals surface area contributed by atoms with Gasteiger partial charge in [0.25, 0.3) is 0 Å². The molecule has 0 aromatic heterocycles. The Kier molecular flexibility index (Phi) is 8.84. The lowest BCUT2D eigenvalue weighted by molar-refractivity contribution is -0.132. The lowest BCUT2D eigenvalue weighted by Crippen LogP contribution is -2.46. The first kappa shape index (κ1) is 26.6. The molecule has 1 fully saturated rings. The molecule has 0 saturated carbocycles. The SMILES string of the molecule is CC(=O)Nc1ccc(S(=O)(=O)N(C)CC(=O)N2CCC(CNC(=O)OC(C)(C)C)CC2)cc1. The third-order valence-corrected chi connectivity index (χ3v) is 6.96. The molecule has 2 rings (SSSR count). The van der Waals surface area contributed by atoms with Crippen molar-refractivity contribution in [2.24, 2.45) is 5.92 Å². The molecule has 1 aliphatic heterocycles. The van der Waals surface area contributed by atoms with Crippen LogP contribution in [0, 0.1) is 5.92 Å². The van der Waals surface area contributed by atoms with Gasteiger partial charge >= 0.3 is 6.09 Å². The number of hydrogen-bond acceptors (Lipinski definition) is 6.